The number of likely N-dealkylation sites (N-methyl/N-ethyl adjacent to an activating group) is 1. The number of rotatable bonds is 3. The maximum absolute atomic E-state index is 12.9. The van der Waals surface area contributed by atoms with Gasteiger partial charge in [0.15, 0.2) is 0 Å². The molecule has 0 aliphatic carbocycles. The van der Waals surface area contributed by atoms with Crippen molar-refractivity contribution >= 4 is 11.6 Å². The zero-order valence-corrected chi connectivity index (χ0v) is 12.8. The summed E-state index contributed by atoms with van der Waals surface area (Å²) < 4.78 is 89.9. The number of carbonyl (C=O) groups excluding carboxylic acids is 1. The first kappa shape index (κ1) is 6.87. The molecule has 0 bridgehead atoms. The van der Waals surface area contributed by atoms with Gasteiger partial charge in [-0.25, -0.2) is 4.98 Å². The van der Waals surface area contributed by atoms with E-state index in [-0.39, 0.29) is 58.0 Å². The van der Waals surface area contributed by atoms with Crippen molar-refractivity contribution in [3.8, 4) is 11.3 Å². The highest BCUT2D eigenvalue weighted by atomic mass is 16.2. The van der Waals surface area contributed by atoms with Gasteiger partial charge in [-0.05, 0) is 25.5 Å². The predicted molar refractivity (Wildman–Crippen MR) is 92.5 cm³/mol. The Balaban J connectivity index is 2.52. The Kier molecular flexibility index (Phi) is 1.76. The van der Waals surface area contributed by atoms with Crippen molar-refractivity contribution in [2.24, 2.45) is 0 Å². The van der Waals surface area contributed by atoms with Crippen molar-refractivity contribution in [2.45, 2.75) is 20.2 Å². The van der Waals surface area contributed by atoms with Crippen molar-refractivity contribution in [3.63, 3.8) is 0 Å². The predicted octanol–water partition coefficient (Wildman–Crippen LogP) is 3.25. The summed E-state index contributed by atoms with van der Waals surface area (Å²) in [5.74, 6) is -1.19. The molecule has 1 aromatic carbocycles. The Morgan fingerprint density at radius 1 is 1.26 bits per heavy atom. The summed E-state index contributed by atoms with van der Waals surface area (Å²) >= 11 is 0. The van der Waals surface area contributed by atoms with E-state index in [0.717, 1.165) is 11.4 Å². The third kappa shape index (κ3) is 2.97. The molecule has 0 N–H and O–H groups in total. The fourth-order valence-electron chi connectivity index (χ4n) is 2.00. The van der Waals surface area contributed by atoms with Gasteiger partial charge in [-0.3, -0.25) is 4.79 Å². The van der Waals surface area contributed by atoms with Crippen LogP contribution >= 0.6 is 0 Å². The zero-order valence-electron chi connectivity index (χ0n) is 23.8. The molecule has 0 aliphatic rings. The van der Waals surface area contributed by atoms with Crippen LogP contribution in [0.3, 0.4) is 0 Å². The van der Waals surface area contributed by atoms with E-state index >= 15 is 0 Å². The molecule has 2 aromatic heterocycles. The SMILES string of the molecule is [2H]c1c([2H])c(-c2nc3c([2H])c([2H])c(C)c([2H])n3c2C([2H])C(=O)N(C)C([2H])([2H])[2H])c([2H])c([2H])c1C. The lowest BCUT2D eigenvalue weighted by molar-refractivity contribution is -0.128. The Morgan fingerprint density at radius 2 is 1.96 bits per heavy atom. The van der Waals surface area contributed by atoms with Crippen LogP contribution in [0.1, 0.15) is 31.9 Å². The van der Waals surface area contributed by atoms with Crippen LogP contribution in [0.25, 0.3) is 16.9 Å². The second-order valence-corrected chi connectivity index (χ2v) is 5.03. The summed E-state index contributed by atoms with van der Waals surface area (Å²) in [5, 5.41) is 0. The van der Waals surface area contributed by atoms with Crippen LogP contribution in [0.4, 0.5) is 0 Å². The van der Waals surface area contributed by atoms with E-state index in [9.17, 15) is 4.79 Å². The van der Waals surface area contributed by atoms with Crippen LogP contribution in [0.5, 0.6) is 0 Å². The second kappa shape index (κ2) is 5.88. The Morgan fingerprint density at radius 3 is 2.65 bits per heavy atom. The van der Waals surface area contributed by atoms with E-state index in [1.165, 1.54) is 13.8 Å². The Labute approximate surface area is 151 Å². The zero-order chi connectivity index (χ0) is 26.0. The van der Waals surface area contributed by atoms with Gasteiger partial charge in [0, 0.05) is 31.2 Å². The minimum absolute atomic E-state index is 0.0370. The maximum Gasteiger partial charge on any atom is 0.228 e. The molecule has 1 unspecified atom stereocenters. The number of carbonyl (C=O) groups is 1. The van der Waals surface area contributed by atoms with E-state index in [1.807, 2.05) is 0 Å². The minimum Gasteiger partial charge on any atom is -0.348 e. The third-order valence-corrected chi connectivity index (χ3v) is 3.13. The van der Waals surface area contributed by atoms with Gasteiger partial charge in [-0.15, -0.1) is 0 Å². The number of aromatic nitrogens is 2. The monoisotopic (exact) mass is 318 g/mol. The number of amides is 1. The van der Waals surface area contributed by atoms with Crippen molar-refractivity contribution in [2.75, 3.05) is 14.0 Å². The van der Waals surface area contributed by atoms with Gasteiger partial charge < -0.3 is 9.30 Å². The standard InChI is InChI=1S/C19H21N3O/c1-13-5-8-15(9-6-13)19-16(11-18(23)21(3)4)22-12-14(2)7-10-17(22)20-19/h5-10,12H,11H2,1-4H3/i3D3,5D,6D,7D,8D,9D,10D,11D,12D. The second-order valence-electron chi connectivity index (χ2n) is 5.03. The van der Waals surface area contributed by atoms with E-state index in [4.69, 9.17) is 15.1 Å². The van der Waals surface area contributed by atoms with Crippen LogP contribution < -0.4 is 0 Å². The number of hydrogen-bond acceptors (Lipinski definition) is 2. The largest absolute Gasteiger partial charge is 0.348 e. The van der Waals surface area contributed by atoms with Gasteiger partial charge in [0.05, 0.1) is 27.4 Å². The topological polar surface area (TPSA) is 37.6 Å². The van der Waals surface area contributed by atoms with Crippen molar-refractivity contribution in [3.05, 3.63) is 59.2 Å². The first-order valence-electron chi connectivity index (χ1n) is 12.4. The highest BCUT2D eigenvalue weighted by molar-refractivity contribution is 5.81. The molecule has 3 aromatic rings. The number of pyridine rings is 1. The Hall–Kier alpha value is -2.62. The summed E-state index contributed by atoms with van der Waals surface area (Å²) in [7, 11) is 0.978. The molecule has 0 fully saturated rings. The van der Waals surface area contributed by atoms with Crippen LogP contribution in [0.2, 0.25) is 0 Å². The molecular formula is C19H21N3O. The van der Waals surface area contributed by atoms with E-state index in [2.05, 4.69) is 4.98 Å². The summed E-state index contributed by atoms with van der Waals surface area (Å²) in [6.45, 7) is -0.0847. The molecule has 1 amide bonds. The first-order chi connectivity index (χ1) is 15.5. The first-order valence-corrected chi connectivity index (χ1v) is 6.79. The molecule has 3 rings (SSSR count). The molecule has 2 heterocycles. The van der Waals surface area contributed by atoms with Gasteiger partial charge in [-0.2, -0.15) is 0 Å². The van der Waals surface area contributed by atoms with Gasteiger partial charge in [0.1, 0.15) is 5.65 Å². The molecule has 0 saturated carbocycles. The molecular weight excluding hydrogens is 286 g/mol. The number of imidazole rings is 1. The minimum atomic E-state index is -2.88. The van der Waals surface area contributed by atoms with E-state index in [0.29, 0.717) is 4.90 Å². The molecule has 0 saturated heterocycles. The quantitative estimate of drug-likeness (QED) is 0.743. The van der Waals surface area contributed by atoms with E-state index in [1.54, 1.807) is 0 Å². The van der Waals surface area contributed by atoms with E-state index < -0.39 is 37.4 Å². The number of fused-ring (bicyclic) bond motifs is 1. The average molecular weight is 318 g/mol. The maximum atomic E-state index is 12.9. The van der Waals surface area contributed by atoms with Gasteiger partial charge in [0.25, 0.3) is 0 Å². The lowest BCUT2D eigenvalue weighted by Crippen LogP contribution is -2.24. The highest BCUT2D eigenvalue weighted by Gasteiger charge is 2.18. The normalized spacial score (nSPS) is 19.7. The molecule has 1 atom stereocenters. The summed E-state index contributed by atoms with van der Waals surface area (Å²) in [4.78, 5) is 17.5. The summed E-state index contributed by atoms with van der Waals surface area (Å²) in [6, 6.07) is -2.52. The number of benzene rings is 1. The van der Waals surface area contributed by atoms with Crippen LogP contribution in [0.15, 0.2) is 42.4 Å². The smallest absolute Gasteiger partial charge is 0.228 e. The average Bonchev–Trinajstić information content (AvgIpc) is 3.16. The van der Waals surface area contributed by atoms with Crippen LogP contribution in [-0.2, 0) is 11.2 Å². The number of hydrogen-bond donors (Lipinski definition) is 0. The third-order valence-electron chi connectivity index (χ3n) is 3.13. The molecule has 0 spiro atoms. The van der Waals surface area contributed by atoms with Gasteiger partial charge >= 0.3 is 0 Å². The summed E-state index contributed by atoms with van der Waals surface area (Å²) in [5.41, 5.74) is -1.31. The van der Waals surface area contributed by atoms with Gasteiger partial charge in [0.2, 0.25) is 5.91 Å². The van der Waals surface area contributed by atoms with Crippen LogP contribution in [-0.4, -0.2) is 34.2 Å². The molecule has 4 heteroatoms. The number of nitrogens with zero attached hydrogens (tertiary/aromatic N) is 3. The fourth-order valence-corrected chi connectivity index (χ4v) is 2.00. The summed E-state index contributed by atoms with van der Waals surface area (Å²) in [6.07, 6.45) is -2.38. The Bertz CT molecular complexity index is 1320. The molecule has 4 nitrogen and oxygen atoms in total. The lowest BCUT2D eigenvalue weighted by Gasteiger charge is -2.11. The molecule has 23 heavy (non-hydrogen) atoms. The highest BCUT2D eigenvalue weighted by Crippen LogP contribution is 2.26. The van der Waals surface area contributed by atoms with Crippen molar-refractivity contribution < 1.29 is 19.9 Å². The van der Waals surface area contributed by atoms with Crippen LogP contribution in [0, 0.1) is 13.8 Å². The molecule has 0 radical (unpaired) electrons. The van der Waals surface area contributed by atoms with Crippen molar-refractivity contribution in [1.29, 1.82) is 0 Å². The van der Waals surface area contributed by atoms with Crippen molar-refractivity contribution in [1.82, 2.24) is 14.3 Å². The fraction of sp³-hybridized carbons (Fsp3) is 0.263. The lowest BCUT2D eigenvalue weighted by atomic mass is 10.1. The van der Waals surface area contributed by atoms with Gasteiger partial charge in [-0.1, -0.05) is 35.8 Å². The molecule has 0 aliphatic heterocycles. The molecule has 118 valence electrons.